The zero-order valence-electron chi connectivity index (χ0n) is 13.3. The van der Waals surface area contributed by atoms with Crippen molar-refractivity contribution < 1.29 is 9.32 Å². The highest BCUT2D eigenvalue weighted by Crippen LogP contribution is 2.07. The summed E-state index contributed by atoms with van der Waals surface area (Å²) in [5, 5.41) is 6.72. The summed E-state index contributed by atoms with van der Waals surface area (Å²) in [6, 6.07) is 19.9. The number of benzene rings is 2. The van der Waals surface area contributed by atoms with Gasteiger partial charge in [-0.3, -0.25) is 4.79 Å². The van der Waals surface area contributed by atoms with Crippen molar-refractivity contribution in [1.82, 2.24) is 15.5 Å². The van der Waals surface area contributed by atoms with Crippen molar-refractivity contribution in [3.05, 3.63) is 83.5 Å². The topological polar surface area (TPSA) is 68.0 Å². The zero-order valence-corrected chi connectivity index (χ0v) is 13.3. The molecule has 1 N–H and O–H groups in total. The first-order valence-corrected chi connectivity index (χ1v) is 7.95. The summed E-state index contributed by atoms with van der Waals surface area (Å²) in [6.45, 7) is 0.284. The molecule has 0 fully saturated rings. The smallest absolute Gasteiger partial charge is 0.231 e. The van der Waals surface area contributed by atoms with E-state index in [4.69, 9.17) is 4.52 Å². The van der Waals surface area contributed by atoms with Gasteiger partial charge in [-0.25, -0.2) is 0 Å². The Bertz CT molecular complexity index is 770. The van der Waals surface area contributed by atoms with E-state index in [1.165, 1.54) is 0 Å². The Morgan fingerprint density at radius 3 is 2.33 bits per heavy atom. The molecule has 1 heterocycles. The lowest BCUT2D eigenvalue weighted by atomic mass is 10.1. The van der Waals surface area contributed by atoms with Crippen LogP contribution in [0.2, 0.25) is 0 Å². The minimum atomic E-state index is -0.0201. The molecule has 122 valence electrons. The second-order valence-electron chi connectivity index (χ2n) is 5.53. The van der Waals surface area contributed by atoms with Crippen LogP contribution < -0.4 is 5.32 Å². The van der Waals surface area contributed by atoms with Crippen molar-refractivity contribution in [2.24, 2.45) is 0 Å². The molecule has 5 nitrogen and oxygen atoms in total. The first kappa shape index (κ1) is 15.9. The van der Waals surface area contributed by atoms with Gasteiger partial charge >= 0.3 is 0 Å². The van der Waals surface area contributed by atoms with Gasteiger partial charge in [-0.05, 0) is 17.5 Å². The molecule has 24 heavy (non-hydrogen) atoms. The van der Waals surface area contributed by atoms with Crippen molar-refractivity contribution in [2.75, 3.05) is 0 Å². The predicted molar refractivity (Wildman–Crippen MR) is 90.2 cm³/mol. The van der Waals surface area contributed by atoms with E-state index >= 15 is 0 Å². The third-order valence-corrected chi connectivity index (χ3v) is 3.64. The molecule has 2 aromatic carbocycles. The van der Waals surface area contributed by atoms with Gasteiger partial charge in [0.15, 0.2) is 5.82 Å². The molecular formula is C19H19N3O2. The average molecular weight is 321 g/mol. The van der Waals surface area contributed by atoms with Gasteiger partial charge in [0, 0.05) is 6.42 Å². The van der Waals surface area contributed by atoms with Crippen molar-refractivity contribution in [2.45, 2.75) is 25.8 Å². The maximum Gasteiger partial charge on any atom is 0.231 e. The van der Waals surface area contributed by atoms with E-state index in [-0.39, 0.29) is 12.5 Å². The molecule has 0 aliphatic carbocycles. The first-order valence-electron chi connectivity index (χ1n) is 7.95. The van der Waals surface area contributed by atoms with Crippen LogP contribution in [0.15, 0.2) is 65.2 Å². The lowest BCUT2D eigenvalue weighted by Crippen LogP contribution is -2.23. The molecule has 0 unspecified atom stereocenters. The lowest BCUT2D eigenvalue weighted by molar-refractivity contribution is -0.121. The Balaban J connectivity index is 1.44. The van der Waals surface area contributed by atoms with Crippen LogP contribution >= 0.6 is 0 Å². The number of rotatable bonds is 7. The summed E-state index contributed by atoms with van der Waals surface area (Å²) in [7, 11) is 0. The number of aryl methyl sites for hydroxylation is 1. The largest absolute Gasteiger partial charge is 0.349 e. The molecule has 3 aromatic rings. The molecular weight excluding hydrogens is 302 g/mol. The highest BCUT2D eigenvalue weighted by molar-refractivity contribution is 5.76. The van der Waals surface area contributed by atoms with Crippen LogP contribution in [-0.2, 0) is 24.2 Å². The van der Waals surface area contributed by atoms with E-state index in [2.05, 4.69) is 15.5 Å². The first-order chi connectivity index (χ1) is 11.8. The number of carbonyl (C=O) groups is 1. The third-order valence-electron chi connectivity index (χ3n) is 3.64. The summed E-state index contributed by atoms with van der Waals surface area (Å²) in [5.41, 5.74) is 2.26. The molecule has 1 amide bonds. The van der Waals surface area contributed by atoms with Crippen LogP contribution in [-0.4, -0.2) is 16.0 Å². The molecule has 3 rings (SSSR count). The van der Waals surface area contributed by atoms with E-state index < -0.39 is 0 Å². The minimum Gasteiger partial charge on any atom is -0.349 e. The Morgan fingerprint density at radius 2 is 1.62 bits per heavy atom. The standard InChI is InChI=1S/C19H19N3O2/c23-18(12-11-15-7-3-1-4-8-15)20-14-17-21-19(24-22-17)13-16-9-5-2-6-10-16/h1-10H,11-14H2,(H,20,23). The maximum atomic E-state index is 11.9. The monoisotopic (exact) mass is 321 g/mol. The van der Waals surface area contributed by atoms with Crippen molar-refractivity contribution in [3.63, 3.8) is 0 Å². The van der Waals surface area contributed by atoms with Gasteiger partial charge in [0.1, 0.15) is 0 Å². The van der Waals surface area contributed by atoms with Crippen molar-refractivity contribution in [1.29, 1.82) is 0 Å². The van der Waals surface area contributed by atoms with Crippen molar-refractivity contribution >= 4 is 5.91 Å². The minimum absolute atomic E-state index is 0.0201. The summed E-state index contributed by atoms with van der Waals surface area (Å²) < 4.78 is 5.22. The molecule has 0 atom stereocenters. The third kappa shape index (κ3) is 4.78. The van der Waals surface area contributed by atoms with Gasteiger partial charge in [-0.1, -0.05) is 65.8 Å². The average Bonchev–Trinajstić information content (AvgIpc) is 3.07. The number of aromatic nitrogens is 2. The molecule has 0 aliphatic heterocycles. The van der Waals surface area contributed by atoms with Gasteiger partial charge in [-0.2, -0.15) is 4.98 Å². The van der Waals surface area contributed by atoms with Gasteiger partial charge in [0.2, 0.25) is 11.8 Å². The normalized spacial score (nSPS) is 10.5. The molecule has 0 saturated carbocycles. The molecule has 0 saturated heterocycles. The Morgan fingerprint density at radius 1 is 0.958 bits per heavy atom. The number of hydrogen-bond acceptors (Lipinski definition) is 4. The fraction of sp³-hybridized carbons (Fsp3) is 0.211. The number of carbonyl (C=O) groups excluding carboxylic acids is 1. The fourth-order valence-electron chi connectivity index (χ4n) is 2.37. The van der Waals surface area contributed by atoms with E-state index in [0.717, 1.165) is 17.5 Å². The number of nitrogens with zero attached hydrogens (tertiary/aromatic N) is 2. The summed E-state index contributed by atoms with van der Waals surface area (Å²) >= 11 is 0. The van der Waals surface area contributed by atoms with Gasteiger partial charge < -0.3 is 9.84 Å². The van der Waals surface area contributed by atoms with E-state index in [9.17, 15) is 4.79 Å². The quantitative estimate of drug-likeness (QED) is 0.726. The summed E-state index contributed by atoms with van der Waals surface area (Å²) in [5.74, 6) is 1.02. The van der Waals surface area contributed by atoms with E-state index in [1.807, 2.05) is 60.7 Å². The second kappa shape index (κ2) is 8.06. The van der Waals surface area contributed by atoms with E-state index in [0.29, 0.717) is 24.6 Å². The molecule has 0 bridgehead atoms. The van der Waals surface area contributed by atoms with Crippen LogP contribution in [0.1, 0.15) is 29.3 Å². The fourth-order valence-corrected chi connectivity index (χ4v) is 2.37. The number of nitrogens with one attached hydrogen (secondary N) is 1. The number of amides is 1. The summed E-state index contributed by atoms with van der Waals surface area (Å²) in [4.78, 5) is 16.2. The molecule has 0 spiro atoms. The Hall–Kier alpha value is -2.95. The Kier molecular flexibility index (Phi) is 5.35. The highest BCUT2D eigenvalue weighted by atomic mass is 16.5. The number of hydrogen-bond donors (Lipinski definition) is 1. The van der Waals surface area contributed by atoms with E-state index in [1.54, 1.807) is 0 Å². The van der Waals surface area contributed by atoms with Crippen LogP contribution in [0, 0.1) is 0 Å². The molecule has 5 heteroatoms. The van der Waals surface area contributed by atoms with Crippen LogP contribution in [0.25, 0.3) is 0 Å². The molecule has 0 radical (unpaired) electrons. The Labute approximate surface area is 140 Å². The highest BCUT2D eigenvalue weighted by Gasteiger charge is 2.09. The predicted octanol–water partition coefficient (Wildman–Crippen LogP) is 2.91. The zero-order chi connectivity index (χ0) is 16.6. The van der Waals surface area contributed by atoms with Gasteiger partial charge in [0.05, 0.1) is 13.0 Å². The maximum absolute atomic E-state index is 11.9. The summed E-state index contributed by atoms with van der Waals surface area (Å²) in [6.07, 6.45) is 1.76. The second-order valence-corrected chi connectivity index (χ2v) is 5.53. The molecule has 0 aliphatic rings. The molecule has 1 aromatic heterocycles. The van der Waals surface area contributed by atoms with Crippen molar-refractivity contribution in [3.8, 4) is 0 Å². The van der Waals surface area contributed by atoms with Crippen LogP contribution in [0.3, 0.4) is 0 Å². The van der Waals surface area contributed by atoms with Crippen LogP contribution in [0.5, 0.6) is 0 Å². The van der Waals surface area contributed by atoms with Gasteiger partial charge in [-0.15, -0.1) is 0 Å². The van der Waals surface area contributed by atoms with Gasteiger partial charge in [0.25, 0.3) is 0 Å². The SMILES string of the molecule is O=C(CCc1ccccc1)NCc1noc(Cc2ccccc2)n1. The lowest BCUT2D eigenvalue weighted by Gasteiger charge is -2.02. The van der Waals surface area contributed by atoms with Crippen LogP contribution in [0.4, 0.5) is 0 Å².